The number of carbonyl (C=O) groups is 1. The fourth-order valence-corrected chi connectivity index (χ4v) is 2.74. The molecule has 1 N–H and O–H groups in total. The summed E-state index contributed by atoms with van der Waals surface area (Å²) in [6.07, 6.45) is 2.99. The largest absolute Gasteiger partial charge is 0.480 e. The molecule has 2 atom stereocenters. The van der Waals surface area contributed by atoms with E-state index in [-0.39, 0.29) is 18.2 Å². The number of rotatable bonds is 8. The molecule has 2 unspecified atom stereocenters. The van der Waals surface area contributed by atoms with Gasteiger partial charge in [0.05, 0.1) is 12.7 Å². The quantitative estimate of drug-likeness (QED) is 0.713. The monoisotopic (exact) mass is 259 g/mol. The van der Waals surface area contributed by atoms with Crippen molar-refractivity contribution in [2.75, 3.05) is 33.4 Å². The summed E-state index contributed by atoms with van der Waals surface area (Å²) in [6.45, 7) is 6.12. The van der Waals surface area contributed by atoms with Gasteiger partial charge in [0.25, 0.3) is 0 Å². The molecule has 1 saturated heterocycles. The van der Waals surface area contributed by atoms with Gasteiger partial charge in [-0.3, -0.25) is 4.90 Å². The van der Waals surface area contributed by atoms with Gasteiger partial charge >= 0.3 is 5.97 Å². The standard InChI is InChI=1S/C13H25NO4/c1-4-6-13(10-17-5-2)7-11(8-14(13)3)18-9-12(15)16/h11H,4-10H2,1-3H3,(H,15,16). The predicted octanol–water partition coefficient (Wildman–Crippen LogP) is 1.37. The Balaban J connectivity index is 2.58. The van der Waals surface area contributed by atoms with Gasteiger partial charge in [0.15, 0.2) is 0 Å². The van der Waals surface area contributed by atoms with Crippen molar-refractivity contribution in [1.29, 1.82) is 0 Å². The highest BCUT2D eigenvalue weighted by Gasteiger charge is 2.43. The lowest BCUT2D eigenvalue weighted by atomic mass is 9.91. The Morgan fingerprint density at radius 2 is 2.22 bits per heavy atom. The van der Waals surface area contributed by atoms with Gasteiger partial charge in [-0.05, 0) is 26.8 Å². The molecule has 0 saturated carbocycles. The Bertz CT molecular complexity index is 272. The molecule has 1 aliphatic heterocycles. The lowest BCUT2D eigenvalue weighted by Gasteiger charge is -2.35. The van der Waals surface area contributed by atoms with Crippen LogP contribution in [0.15, 0.2) is 0 Å². The summed E-state index contributed by atoms with van der Waals surface area (Å²) < 4.78 is 11.0. The molecular formula is C13H25NO4. The molecule has 0 aromatic heterocycles. The Morgan fingerprint density at radius 1 is 1.50 bits per heavy atom. The zero-order chi connectivity index (χ0) is 13.6. The van der Waals surface area contributed by atoms with Gasteiger partial charge in [-0.1, -0.05) is 13.3 Å². The van der Waals surface area contributed by atoms with Crippen molar-refractivity contribution in [2.45, 2.75) is 44.8 Å². The second-order valence-electron chi connectivity index (χ2n) is 5.02. The number of aliphatic carboxylic acids is 1. The van der Waals surface area contributed by atoms with E-state index in [9.17, 15) is 4.79 Å². The molecule has 0 spiro atoms. The number of nitrogens with zero attached hydrogens (tertiary/aromatic N) is 1. The average molecular weight is 259 g/mol. The van der Waals surface area contributed by atoms with E-state index in [0.717, 1.165) is 25.8 Å². The van der Waals surface area contributed by atoms with Gasteiger partial charge in [-0.2, -0.15) is 0 Å². The Kier molecular flexibility index (Phi) is 6.05. The van der Waals surface area contributed by atoms with Crippen molar-refractivity contribution < 1.29 is 19.4 Å². The zero-order valence-corrected chi connectivity index (χ0v) is 11.6. The molecule has 18 heavy (non-hydrogen) atoms. The van der Waals surface area contributed by atoms with Crippen molar-refractivity contribution >= 4 is 5.97 Å². The minimum atomic E-state index is -0.907. The van der Waals surface area contributed by atoms with Crippen molar-refractivity contribution in [3.8, 4) is 0 Å². The molecule has 0 radical (unpaired) electrons. The molecule has 1 aliphatic rings. The van der Waals surface area contributed by atoms with E-state index in [0.29, 0.717) is 13.2 Å². The van der Waals surface area contributed by atoms with Crippen molar-refractivity contribution in [3.63, 3.8) is 0 Å². The highest BCUT2D eigenvalue weighted by atomic mass is 16.5. The second-order valence-corrected chi connectivity index (χ2v) is 5.02. The minimum absolute atomic E-state index is 0.00175. The van der Waals surface area contributed by atoms with E-state index < -0.39 is 5.97 Å². The number of hydrogen-bond acceptors (Lipinski definition) is 4. The van der Waals surface area contributed by atoms with Crippen LogP contribution in [0, 0.1) is 0 Å². The van der Waals surface area contributed by atoms with E-state index in [4.69, 9.17) is 14.6 Å². The molecular weight excluding hydrogens is 234 g/mol. The number of hydrogen-bond donors (Lipinski definition) is 1. The summed E-state index contributed by atoms with van der Waals surface area (Å²) in [5.74, 6) is -0.907. The van der Waals surface area contributed by atoms with Crippen LogP contribution < -0.4 is 0 Å². The topological polar surface area (TPSA) is 59.0 Å². The first-order valence-corrected chi connectivity index (χ1v) is 6.66. The summed E-state index contributed by atoms with van der Waals surface area (Å²) in [7, 11) is 2.07. The van der Waals surface area contributed by atoms with Crippen LogP contribution in [0.4, 0.5) is 0 Å². The smallest absolute Gasteiger partial charge is 0.329 e. The summed E-state index contributed by atoms with van der Waals surface area (Å²) in [6, 6.07) is 0. The van der Waals surface area contributed by atoms with Gasteiger partial charge in [0, 0.05) is 18.7 Å². The molecule has 0 aliphatic carbocycles. The second kappa shape index (κ2) is 7.07. The SMILES string of the molecule is CCCC1(COCC)CC(OCC(=O)O)CN1C. The third kappa shape index (κ3) is 3.93. The van der Waals surface area contributed by atoms with Crippen LogP contribution >= 0.6 is 0 Å². The summed E-state index contributed by atoms with van der Waals surface area (Å²) in [5, 5.41) is 8.65. The molecule has 0 bridgehead atoms. The molecule has 1 rings (SSSR count). The Hall–Kier alpha value is -0.650. The molecule has 106 valence electrons. The first kappa shape index (κ1) is 15.4. The summed E-state index contributed by atoms with van der Waals surface area (Å²) >= 11 is 0. The van der Waals surface area contributed by atoms with Crippen LogP contribution in [0.1, 0.15) is 33.1 Å². The Labute approximate surface area is 109 Å². The normalized spacial score (nSPS) is 28.7. The van der Waals surface area contributed by atoms with E-state index in [1.807, 2.05) is 6.92 Å². The molecule has 0 aromatic carbocycles. The molecule has 0 aromatic rings. The van der Waals surface area contributed by atoms with Crippen LogP contribution in [0.3, 0.4) is 0 Å². The highest BCUT2D eigenvalue weighted by molar-refractivity contribution is 5.68. The van der Waals surface area contributed by atoms with Gasteiger partial charge in [-0.15, -0.1) is 0 Å². The lowest BCUT2D eigenvalue weighted by molar-refractivity contribution is -0.144. The maximum atomic E-state index is 10.5. The van der Waals surface area contributed by atoms with Gasteiger partial charge in [0.2, 0.25) is 0 Å². The van der Waals surface area contributed by atoms with Gasteiger partial charge in [-0.25, -0.2) is 4.79 Å². The van der Waals surface area contributed by atoms with Crippen LogP contribution in [0.5, 0.6) is 0 Å². The van der Waals surface area contributed by atoms with Gasteiger partial charge < -0.3 is 14.6 Å². The average Bonchev–Trinajstić information content (AvgIpc) is 2.62. The molecule has 1 fully saturated rings. The number of carboxylic acids is 1. The van der Waals surface area contributed by atoms with E-state index in [2.05, 4.69) is 18.9 Å². The van der Waals surface area contributed by atoms with Crippen LogP contribution in [0.25, 0.3) is 0 Å². The maximum absolute atomic E-state index is 10.5. The van der Waals surface area contributed by atoms with Gasteiger partial charge in [0.1, 0.15) is 6.61 Å². The third-order valence-corrected chi connectivity index (χ3v) is 3.63. The maximum Gasteiger partial charge on any atom is 0.329 e. The van der Waals surface area contributed by atoms with Crippen molar-refractivity contribution in [1.82, 2.24) is 4.90 Å². The van der Waals surface area contributed by atoms with Crippen LogP contribution in [-0.4, -0.2) is 61.0 Å². The van der Waals surface area contributed by atoms with E-state index >= 15 is 0 Å². The zero-order valence-electron chi connectivity index (χ0n) is 11.6. The predicted molar refractivity (Wildman–Crippen MR) is 68.8 cm³/mol. The van der Waals surface area contributed by atoms with Crippen molar-refractivity contribution in [3.05, 3.63) is 0 Å². The molecule has 0 amide bonds. The molecule has 5 heteroatoms. The Morgan fingerprint density at radius 3 is 2.78 bits per heavy atom. The summed E-state index contributed by atoms with van der Waals surface area (Å²) in [5.41, 5.74) is 0.00787. The fraction of sp³-hybridized carbons (Fsp3) is 0.923. The number of likely N-dealkylation sites (tertiary alicyclic amines) is 1. The first-order valence-electron chi connectivity index (χ1n) is 6.66. The highest BCUT2D eigenvalue weighted by Crippen LogP contribution is 2.34. The lowest BCUT2D eigenvalue weighted by Crippen LogP contribution is -2.45. The van der Waals surface area contributed by atoms with E-state index in [1.54, 1.807) is 0 Å². The number of ether oxygens (including phenoxy) is 2. The molecule has 1 heterocycles. The number of carboxylic acid groups (broad SMARTS) is 1. The minimum Gasteiger partial charge on any atom is -0.480 e. The third-order valence-electron chi connectivity index (χ3n) is 3.63. The number of likely N-dealkylation sites (N-methyl/N-ethyl adjacent to an activating group) is 1. The summed E-state index contributed by atoms with van der Waals surface area (Å²) in [4.78, 5) is 12.8. The fourth-order valence-electron chi connectivity index (χ4n) is 2.74. The van der Waals surface area contributed by atoms with Crippen LogP contribution in [0.2, 0.25) is 0 Å². The molecule has 5 nitrogen and oxygen atoms in total. The first-order chi connectivity index (χ1) is 8.54. The van der Waals surface area contributed by atoms with Crippen LogP contribution in [-0.2, 0) is 14.3 Å². The van der Waals surface area contributed by atoms with E-state index in [1.165, 1.54) is 0 Å². The van der Waals surface area contributed by atoms with Crippen molar-refractivity contribution in [2.24, 2.45) is 0 Å².